The highest BCUT2D eigenvalue weighted by Gasteiger charge is 2.43. The van der Waals surface area contributed by atoms with Gasteiger partial charge in [0.05, 0.1) is 0 Å². The van der Waals surface area contributed by atoms with Gasteiger partial charge in [0.2, 0.25) is 0 Å². The molecular formula is C18H19ClFN. The minimum Gasteiger partial charge on any atom is -0.316 e. The van der Waals surface area contributed by atoms with Gasteiger partial charge in [-0.15, -0.1) is 0 Å². The average molecular weight is 304 g/mol. The number of likely N-dealkylation sites (N-methyl/N-ethyl adjacent to an activating group) is 1. The second-order valence-corrected chi connectivity index (χ2v) is 6.16. The van der Waals surface area contributed by atoms with Gasteiger partial charge in [0.25, 0.3) is 0 Å². The Balaban J connectivity index is 1.71. The maximum Gasteiger partial charge on any atom is 0.123 e. The summed E-state index contributed by atoms with van der Waals surface area (Å²) < 4.78 is 13.4. The molecule has 1 aliphatic carbocycles. The normalized spacial score (nSPS) is 22.0. The van der Waals surface area contributed by atoms with Gasteiger partial charge in [-0.25, -0.2) is 4.39 Å². The lowest BCUT2D eigenvalue weighted by atomic mass is 9.99. The monoisotopic (exact) mass is 303 g/mol. The third kappa shape index (κ3) is 3.28. The van der Waals surface area contributed by atoms with Crippen LogP contribution in [0.3, 0.4) is 0 Å². The molecule has 2 aromatic rings. The van der Waals surface area contributed by atoms with Crippen LogP contribution in [0.25, 0.3) is 0 Å². The van der Waals surface area contributed by atoms with Gasteiger partial charge in [0, 0.05) is 11.1 Å². The Kier molecular flexibility index (Phi) is 4.27. The van der Waals surface area contributed by atoms with Crippen LogP contribution < -0.4 is 5.32 Å². The summed E-state index contributed by atoms with van der Waals surface area (Å²) in [6.07, 6.45) is 1.95. The van der Waals surface area contributed by atoms with Crippen LogP contribution in [0, 0.1) is 11.7 Å². The first-order valence-electron chi connectivity index (χ1n) is 7.35. The first-order valence-corrected chi connectivity index (χ1v) is 7.73. The van der Waals surface area contributed by atoms with Crippen molar-refractivity contribution in [2.24, 2.45) is 5.92 Å². The van der Waals surface area contributed by atoms with Crippen molar-refractivity contribution in [3.8, 4) is 0 Å². The minimum absolute atomic E-state index is 0.223. The van der Waals surface area contributed by atoms with E-state index in [1.165, 1.54) is 18.1 Å². The molecule has 110 valence electrons. The van der Waals surface area contributed by atoms with E-state index in [1.54, 1.807) is 12.1 Å². The Morgan fingerprint density at radius 1 is 1.24 bits per heavy atom. The molecular weight excluding hydrogens is 285 g/mol. The van der Waals surface area contributed by atoms with Gasteiger partial charge < -0.3 is 5.32 Å². The van der Waals surface area contributed by atoms with Gasteiger partial charge in [0.1, 0.15) is 5.82 Å². The Labute approximate surface area is 130 Å². The number of nitrogens with one attached hydrogen (secondary N) is 1. The summed E-state index contributed by atoms with van der Waals surface area (Å²) in [4.78, 5) is 0. The van der Waals surface area contributed by atoms with Crippen molar-refractivity contribution < 1.29 is 4.39 Å². The van der Waals surface area contributed by atoms with Crippen LogP contribution in [-0.2, 0) is 6.42 Å². The molecule has 0 bridgehead atoms. The highest BCUT2D eigenvalue weighted by Crippen LogP contribution is 2.50. The van der Waals surface area contributed by atoms with Crippen LogP contribution >= 0.6 is 11.6 Å². The second-order valence-electron chi connectivity index (χ2n) is 5.75. The molecule has 1 fully saturated rings. The lowest BCUT2D eigenvalue weighted by Gasteiger charge is -2.17. The van der Waals surface area contributed by atoms with E-state index < -0.39 is 0 Å². The molecule has 2 aromatic carbocycles. The lowest BCUT2D eigenvalue weighted by Crippen LogP contribution is -2.30. The number of rotatable bonds is 5. The highest BCUT2D eigenvalue weighted by molar-refractivity contribution is 6.31. The summed E-state index contributed by atoms with van der Waals surface area (Å²) in [5, 5.41) is 4.02. The molecule has 3 rings (SSSR count). The zero-order valence-corrected chi connectivity index (χ0v) is 12.8. The molecule has 0 amide bonds. The molecule has 1 saturated carbocycles. The summed E-state index contributed by atoms with van der Waals surface area (Å²) in [7, 11) is 1.97. The molecule has 3 atom stereocenters. The smallest absolute Gasteiger partial charge is 0.123 e. The molecule has 3 unspecified atom stereocenters. The average Bonchev–Trinajstić information content (AvgIpc) is 3.29. The summed E-state index contributed by atoms with van der Waals surface area (Å²) in [6.45, 7) is 0. The van der Waals surface area contributed by atoms with Gasteiger partial charge in [0.15, 0.2) is 0 Å². The summed E-state index contributed by atoms with van der Waals surface area (Å²) in [5.41, 5.74) is 2.28. The maximum absolute atomic E-state index is 13.4. The van der Waals surface area contributed by atoms with E-state index in [-0.39, 0.29) is 5.82 Å². The quantitative estimate of drug-likeness (QED) is 0.862. The van der Waals surface area contributed by atoms with Crippen LogP contribution in [-0.4, -0.2) is 13.1 Å². The van der Waals surface area contributed by atoms with E-state index in [0.717, 1.165) is 12.0 Å². The van der Waals surface area contributed by atoms with E-state index in [1.807, 2.05) is 13.1 Å². The van der Waals surface area contributed by atoms with Crippen molar-refractivity contribution in [3.63, 3.8) is 0 Å². The Hall–Kier alpha value is -1.38. The molecule has 21 heavy (non-hydrogen) atoms. The molecule has 0 aliphatic heterocycles. The largest absolute Gasteiger partial charge is 0.316 e. The Morgan fingerprint density at radius 3 is 2.71 bits per heavy atom. The summed E-state index contributed by atoms with van der Waals surface area (Å²) in [5.74, 6) is 0.979. The fourth-order valence-corrected chi connectivity index (χ4v) is 3.34. The topological polar surface area (TPSA) is 12.0 Å². The predicted octanol–water partition coefficient (Wildman–Crippen LogP) is 4.41. The second kappa shape index (κ2) is 6.17. The van der Waals surface area contributed by atoms with Crippen molar-refractivity contribution in [2.75, 3.05) is 7.05 Å². The van der Waals surface area contributed by atoms with Crippen LogP contribution in [0.2, 0.25) is 5.02 Å². The Morgan fingerprint density at radius 2 is 2.00 bits per heavy atom. The fraction of sp³-hybridized carbons (Fsp3) is 0.333. The van der Waals surface area contributed by atoms with Crippen molar-refractivity contribution >= 4 is 11.6 Å². The number of benzene rings is 2. The fourth-order valence-electron chi connectivity index (χ4n) is 3.15. The molecule has 3 heteroatoms. The Bertz CT molecular complexity index is 614. The van der Waals surface area contributed by atoms with Crippen LogP contribution in [0.1, 0.15) is 23.5 Å². The molecule has 1 nitrogen and oxygen atoms in total. The minimum atomic E-state index is -0.223. The zero-order chi connectivity index (χ0) is 14.8. The molecule has 0 aromatic heterocycles. The van der Waals surface area contributed by atoms with Gasteiger partial charge in [-0.1, -0.05) is 41.9 Å². The van der Waals surface area contributed by atoms with E-state index in [0.29, 0.717) is 22.9 Å². The van der Waals surface area contributed by atoms with Crippen molar-refractivity contribution in [3.05, 3.63) is 70.5 Å². The van der Waals surface area contributed by atoms with Crippen molar-refractivity contribution in [1.29, 1.82) is 0 Å². The molecule has 1 aliphatic rings. The maximum atomic E-state index is 13.4. The SMILES string of the molecule is CNC(Cc1cc(F)ccc1Cl)C1CC1c1ccccc1. The third-order valence-electron chi connectivity index (χ3n) is 4.40. The van der Waals surface area contributed by atoms with Crippen LogP contribution in [0.5, 0.6) is 0 Å². The van der Waals surface area contributed by atoms with Crippen LogP contribution in [0.4, 0.5) is 4.39 Å². The molecule has 1 N–H and O–H groups in total. The zero-order valence-electron chi connectivity index (χ0n) is 12.0. The lowest BCUT2D eigenvalue weighted by molar-refractivity contribution is 0.490. The van der Waals surface area contributed by atoms with E-state index in [9.17, 15) is 4.39 Å². The molecule has 0 saturated heterocycles. The predicted molar refractivity (Wildman–Crippen MR) is 85.3 cm³/mol. The summed E-state index contributed by atoms with van der Waals surface area (Å²) in [6, 6.07) is 15.5. The van der Waals surface area contributed by atoms with Crippen molar-refractivity contribution in [2.45, 2.75) is 24.8 Å². The van der Waals surface area contributed by atoms with E-state index in [4.69, 9.17) is 11.6 Å². The van der Waals surface area contributed by atoms with Gasteiger partial charge >= 0.3 is 0 Å². The first-order chi connectivity index (χ1) is 10.2. The molecule has 0 spiro atoms. The highest BCUT2D eigenvalue weighted by atomic mass is 35.5. The number of halogens is 2. The third-order valence-corrected chi connectivity index (χ3v) is 4.77. The number of hydrogen-bond donors (Lipinski definition) is 1. The molecule has 0 radical (unpaired) electrons. The van der Waals surface area contributed by atoms with Gasteiger partial charge in [-0.3, -0.25) is 0 Å². The first kappa shape index (κ1) is 14.6. The number of hydrogen-bond acceptors (Lipinski definition) is 1. The summed E-state index contributed by atoms with van der Waals surface area (Å²) >= 11 is 6.18. The van der Waals surface area contributed by atoms with Crippen molar-refractivity contribution in [1.82, 2.24) is 5.32 Å². The molecule has 0 heterocycles. The van der Waals surface area contributed by atoms with Gasteiger partial charge in [-0.2, -0.15) is 0 Å². The van der Waals surface area contributed by atoms with Gasteiger partial charge in [-0.05, 0) is 61.1 Å². The van der Waals surface area contributed by atoms with E-state index >= 15 is 0 Å². The standard InChI is InChI=1S/C18H19ClFN/c1-21-18(10-13-9-14(20)7-8-17(13)19)16-11-15(16)12-5-3-2-4-6-12/h2-9,15-16,18,21H,10-11H2,1H3. The van der Waals surface area contributed by atoms with Crippen LogP contribution in [0.15, 0.2) is 48.5 Å². The van der Waals surface area contributed by atoms with E-state index in [2.05, 4.69) is 29.6 Å².